The second-order valence-corrected chi connectivity index (χ2v) is 7.37. The van der Waals surface area contributed by atoms with Crippen LogP contribution in [0.25, 0.3) is 0 Å². The Labute approximate surface area is 137 Å². The number of benzene rings is 1. The summed E-state index contributed by atoms with van der Waals surface area (Å²) in [6.07, 6.45) is 4.05. The number of nitrogens with zero attached hydrogens (tertiary/aromatic N) is 1. The maximum Gasteiger partial charge on any atom is 0.262 e. The summed E-state index contributed by atoms with van der Waals surface area (Å²) in [6, 6.07) is 6.44. The van der Waals surface area contributed by atoms with E-state index in [1.807, 2.05) is 12.1 Å². The highest BCUT2D eigenvalue weighted by molar-refractivity contribution is 8.13. The first-order chi connectivity index (χ1) is 9.89. The second-order valence-electron chi connectivity index (χ2n) is 4.08. The van der Waals surface area contributed by atoms with E-state index in [1.165, 1.54) is 12.1 Å². The van der Waals surface area contributed by atoms with Crippen molar-refractivity contribution >= 4 is 42.9 Å². The highest BCUT2D eigenvalue weighted by Crippen LogP contribution is 2.37. The molecule has 0 spiro atoms. The molecule has 1 aromatic heterocycles. The Morgan fingerprint density at radius 3 is 2.33 bits per heavy atom. The largest absolute Gasteiger partial charge is 0.492 e. The molecule has 8 heteroatoms. The normalized spacial score (nSPS) is 11.4. The zero-order valence-corrected chi connectivity index (χ0v) is 13.7. The van der Waals surface area contributed by atoms with Crippen LogP contribution in [0.1, 0.15) is 5.56 Å². The third-order valence-corrected chi connectivity index (χ3v) is 5.01. The molecular formula is C13H10Cl3NO3S. The van der Waals surface area contributed by atoms with E-state index in [0.717, 1.165) is 5.56 Å². The number of hydrogen-bond donors (Lipinski definition) is 0. The zero-order valence-electron chi connectivity index (χ0n) is 10.6. The summed E-state index contributed by atoms with van der Waals surface area (Å²) >= 11 is 11.9. The van der Waals surface area contributed by atoms with Crippen molar-refractivity contribution in [2.45, 2.75) is 11.3 Å². The number of ether oxygens (including phenoxy) is 1. The lowest BCUT2D eigenvalue weighted by Gasteiger charge is -2.10. The third kappa shape index (κ3) is 4.23. The van der Waals surface area contributed by atoms with Gasteiger partial charge < -0.3 is 4.74 Å². The van der Waals surface area contributed by atoms with E-state index in [9.17, 15) is 8.42 Å². The lowest BCUT2D eigenvalue weighted by molar-refractivity contribution is 0.322. The Hall–Kier alpha value is -1.01. The molecule has 1 heterocycles. The number of hydrogen-bond acceptors (Lipinski definition) is 4. The van der Waals surface area contributed by atoms with Crippen molar-refractivity contribution in [3.63, 3.8) is 0 Å². The monoisotopic (exact) mass is 365 g/mol. The molecule has 4 nitrogen and oxygen atoms in total. The summed E-state index contributed by atoms with van der Waals surface area (Å²) in [5, 5.41) is -0.124. The molecule has 0 radical (unpaired) electrons. The van der Waals surface area contributed by atoms with Crippen LogP contribution in [-0.4, -0.2) is 20.0 Å². The summed E-state index contributed by atoms with van der Waals surface area (Å²) in [6.45, 7) is 0.368. The minimum Gasteiger partial charge on any atom is -0.492 e. The van der Waals surface area contributed by atoms with Crippen LogP contribution in [0.2, 0.25) is 10.0 Å². The van der Waals surface area contributed by atoms with Gasteiger partial charge in [-0.15, -0.1) is 0 Å². The molecule has 0 fully saturated rings. The van der Waals surface area contributed by atoms with Gasteiger partial charge in [-0.1, -0.05) is 23.2 Å². The first kappa shape index (κ1) is 16.4. The predicted molar refractivity (Wildman–Crippen MR) is 82.9 cm³/mol. The summed E-state index contributed by atoms with van der Waals surface area (Å²) in [7, 11) is 1.31. The van der Waals surface area contributed by atoms with Gasteiger partial charge in [-0.3, -0.25) is 4.98 Å². The van der Waals surface area contributed by atoms with Gasteiger partial charge in [-0.25, -0.2) is 8.42 Å². The number of rotatable bonds is 5. The van der Waals surface area contributed by atoms with Crippen LogP contribution in [0.5, 0.6) is 5.75 Å². The molecule has 1 aromatic carbocycles. The van der Waals surface area contributed by atoms with Crippen LogP contribution in [0.15, 0.2) is 41.6 Å². The molecule has 2 aromatic rings. The van der Waals surface area contributed by atoms with E-state index >= 15 is 0 Å². The summed E-state index contributed by atoms with van der Waals surface area (Å²) < 4.78 is 28.1. The highest BCUT2D eigenvalue weighted by atomic mass is 35.7. The van der Waals surface area contributed by atoms with Gasteiger partial charge in [0.15, 0.2) is 0 Å². The minimum absolute atomic E-state index is 0.0214. The van der Waals surface area contributed by atoms with Crippen molar-refractivity contribution < 1.29 is 13.2 Å². The van der Waals surface area contributed by atoms with Gasteiger partial charge in [0.05, 0.1) is 11.6 Å². The van der Waals surface area contributed by atoms with Crippen molar-refractivity contribution in [3.05, 3.63) is 52.3 Å². The maximum atomic E-state index is 11.3. The van der Waals surface area contributed by atoms with Gasteiger partial charge in [0.1, 0.15) is 15.7 Å². The zero-order chi connectivity index (χ0) is 15.5. The van der Waals surface area contributed by atoms with E-state index < -0.39 is 9.05 Å². The molecule has 0 saturated heterocycles. The van der Waals surface area contributed by atoms with Gasteiger partial charge in [-0.05, 0) is 29.8 Å². The van der Waals surface area contributed by atoms with Crippen molar-refractivity contribution in [1.29, 1.82) is 0 Å². The van der Waals surface area contributed by atoms with Crippen LogP contribution >= 0.6 is 33.9 Å². The van der Waals surface area contributed by atoms with Gasteiger partial charge in [0.25, 0.3) is 9.05 Å². The van der Waals surface area contributed by atoms with E-state index in [-0.39, 0.29) is 14.9 Å². The fraction of sp³-hybridized carbons (Fsp3) is 0.154. The van der Waals surface area contributed by atoms with E-state index in [1.54, 1.807) is 12.4 Å². The molecule has 21 heavy (non-hydrogen) atoms. The SMILES string of the molecule is O=S(=O)(Cl)c1ccc(OCCc2ccncc2)c(Cl)c1Cl. The van der Waals surface area contributed by atoms with Gasteiger partial charge >= 0.3 is 0 Å². The van der Waals surface area contributed by atoms with Crippen molar-refractivity contribution in [1.82, 2.24) is 4.98 Å². The molecule has 0 aliphatic heterocycles. The Kier molecular flexibility index (Phi) is 5.32. The van der Waals surface area contributed by atoms with Crippen molar-refractivity contribution in [2.75, 3.05) is 6.61 Å². The highest BCUT2D eigenvalue weighted by Gasteiger charge is 2.19. The maximum absolute atomic E-state index is 11.3. The first-order valence-corrected chi connectivity index (χ1v) is 8.90. The molecule has 0 atom stereocenters. The van der Waals surface area contributed by atoms with Crippen LogP contribution in [-0.2, 0) is 15.5 Å². The topological polar surface area (TPSA) is 56.3 Å². The molecule has 0 saturated carbocycles. The van der Waals surface area contributed by atoms with E-state index in [0.29, 0.717) is 18.8 Å². The van der Waals surface area contributed by atoms with Crippen LogP contribution in [0.4, 0.5) is 0 Å². The molecular weight excluding hydrogens is 357 g/mol. The van der Waals surface area contributed by atoms with Gasteiger partial charge in [-0.2, -0.15) is 0 Å². The fourth-order valence-electron chi connectivity index (χ4n) is 1.64. The molecule has 0 aliphatic carbocycles. The fourth-order valence-corrected chi connectivity index (χ4v) is 3.43. The minimum atomic E-state index is -3.94. The number of pyridine rings is 1. The smallest absolute Gasteiger partial charge is 0.262 e. The average Bonchev–Trinajstić information content (AvgIpc) is 2.43. The molecule has 2 rings (SSSR count). The Morgan fingerprint density at radius 1 is 1.05 bits per heavy atom. The summed E-state index contributed by atoms with van der Waals surface area (Å²) in [5.74, 6) is 0.305. The Bertz CT molecular complexity index is 736. The molecule has 0 unspecified atom stereocenters. The summed E-state index contributed by atoms with van der Waals surface area (Å²) in [5.41, 5.74) is 1.06. The lowest BCUT2D eigenvalue weighted by Crippen LogP contribution is -2.03. The second kappa shape index (κ2) is 6.83. The number of halogens is 3. The van der Waals surface area contributed by atoms with E-state index in [4.69, 9.17) is 38.6 Å². The van der Waals surface area contributed by atoms with Crippen LogP contribution in [0.3, 0.4) is 0 Å². The van der Waals surface area contributed by atoms with Crippen molar-refractivity contribution in [2.24, 2.45) is 0 Å². The van der Waals surface area contributed by atoms with Crippen molar-refractivity contribution in [3.8, 4) is 5.75 Å². The Morgan fingerprint density at radius 2 is 1.71 bits per heavy atom. The average molecular weight is 367 g/mol. The predicted octanol–water partition coefficient (Wildman–Crippen LogP) is 3.94. The first-order valence-electron chi connectivity index (χ1n) is 5.84. The standard InChI is InChI=1S/C13H10Cl3NO3S/c14-12-10(1-2-11(13(12)15)21(16,18)19)20-8-5-9-3-6-17-7-4-9/h1-4,6-7H,5,8H2. The quantitative estimate of drug-likeness (QED) is 0.752. The molecule has 0 amide bonds. The van der Waals surface area contributed by atoms with Crippen LogP contribution in [0, 0.1) is 0 Å². The van der Waals surface area contributed by atoms with Gasteiger partial charge in [0, 0.05) is 29.5 Å². The number of aromatic nitrogens is 1. The van der Waals surface area contributed by atoms with Crippen LogP contribution < -0.4 is 4.74 Å². The van der Waals surface area contributed by atoms with E-state index in [2.05, 4.69) is 4.98 Å². The molecule has 0 N–H and O–H groups in total. The lowest BCUT2D eigenvalue weighted by atomic mass is 10.2. The van der Waals surface area contributed by atoms with Gasteiger partial charge in [0.2, 0.25) is 0 Å². The third-order valence-electron chi connectivity index (χ3n) is 2.67. The molecule has 0 bridgehead atoms. The molecule has 0 aliphatic rings. The molecule has 112 valence electrons. The summed E-state index contributed by atoms with van der Waals surface area (Å²) in [4.78, 5) is 3.68. The Balaban J connectivity index is 2.10.